The van der Waals surface area contributed by atoms with Crippen molar-refractivity contribution in [3.63, 3.8) is 0 Å². The highest BCUT2D eigenvalue weighted by Crippen LogP contribution is 2.62. The molecule has 0 heterocycles. The van der Waals surface area contributed by atoms with Crippen LogP contribution in [0.1, 0.15) is 70.6 Å². The van der Waals surface area contributed by atoms with Crippen molar-refractivity contribution in [1.29, 1.82) is 0 Å². The Morgan fingerprint density at radius 2 is 1.70 bits per heavy atom. The van der Waals surface area contributed by atoms with Crippen LogP contribution in [0.15, 0.2) is 0 Å². The van der Waals surface area contributed by atoms with Gasteiger partial charge in [-0.3, -0.25) is 14.9 Å². The summed E-state index contributed by atoms with van der Waals surface area (Å²) < 4.78 is 5.13. The highest BCUT2D eigenvalue weighted by Gasteiger charge is 2.57. The molecular weight excluding hydrogens is 348 g/mol. The van der Waals surface area contributed by atoms with E-state index in [1.54, 1.807) is 0 Å². The molecular formula is C20H30N2O5. The summed E-state index contributed by atoms with van der Waals surface area (Å²) in [7, 11) is 0. The van der Waals surface area contributed by atoms with Gasteiger partial charge < -0.3 is 15.2 Å². The number of carbonyl (C=O) groups is 3. The molecule has 3 N–H and O–H groups in total. The summed E-state index contributed by atoms with van der Waals surface area (Å²) >= 11 is 0. The Balaban J connectivity index is 1.22. The number of urea groups is 1. The van der Waals surface area contributed by atoms with Crippen molar-refractivity contribution in [3.8, 4) is 0 Å². The van der Waals surface area contributed by atoms with Crippen molar-refractivity contribution in [2.24, 2.45) is 17.3 Å². The molecule has 7 nitrogen and oxygen atoms in total. The van der Waals surface area contributed by atoms with Crippen LogP contribution in [-0.4, -0.2) is 41.3 Å². The summed E-state index contributed by atoms with van der Waals surface area (Å²) in [4.78, 5) is 36.0. The molecule has 5 rings (SSSR count). The molecule has 0 spiro atoms. The molecule has 2 atom stereocenters. The SMILES string of the molecule is O=C(COC(=O)CC12C[C@@H]3C[C@H](CC(O)(C3)C1)C2)NC(=O)NC1CCCC1. The third kappa shape index (κ3) is 4.28. The second kappa shape index (κ2) is 7.08. The predicted octanol–water partition coefficient (Wildman–Crippen LogP) is 2.02. The Morgan fingerprint density at radius 3 is 2.33 bits per heavy atom. The molecule has 0 radical (unpaired) electrons. The van der Waals surface area contributed by atoms with Crippen molar-refractivity contribution >= 4 is 17.9 Å². The summed E-state index contributed by atoms with van der Waals surface area (Å²) in [5, 5.41) is 15.7. The van der Waals surface area contributed by atoms with E-state index in [2.05, 4.69) is 10.6 Å². The number of hydrogen-bond acceptors (Lipinski definition) is 5. The van der Waals surface area contributed by atoms with Crippen LogP contribution in [0, 0.1) is 17.3 Å². The maximum atomic E-state index is 12.3. The van der Waals surface area contributed by atoms with Gasteiger partial charge in [-0.1, -0.05) is 12.8 Å². The number of ether oxygens (including phenoxy) is 1. The summed E-state index contributed by atoms with van der Waals surface area (Å²) in [6, 6.07) is -0.395. The summed E-state index contributed by atoms with van der Waals surface area (Å²) in [6.07, 6.45) is 9.80. The van der Waals surface area contributed by atoms with Gasteiger partial charge in [-0.2, -0.15) is 0 Å². The van der Waals surface area contributed by atoms with Gasteiger partial charge in [0.1, 0.15) is 0 Å². The van der Waals surface area contributed by atoms with Crippen LogP contribution in [0.5, 0.6) is 0 Å². The zero-order valence-electron chi connectivity index (χ0n) is 15.8. The smallest absolute Gasteiger partial charge is 0.321 e. The van der Waals surface area contributed by atoms with E-state index in [0.29, 0.717) is 18.3 Å². The third-order valence-corrected chi connectivity index (χ3v) is 6.98. The molecule has 3 amide bonds. The van der Waals surface area contributed by atoms with Crippen LogP contribution in [0.4, 0.5) is 4.79 Å². The number of nitrogens with one attached hydrogen (secondary N) is 2. The van der Waals surface area contributed by atoms with E-state index >= 15 is 0 Å². The highest BCUT2D eigenvalue weighted by atomic mass is 16.5. The lowest BCUT2D eigenvalue weighted by Gasteiger charge is -2.60. The van der Waals surface area contributed by atoms with Gasteiger partial charge in [0.25, 0.3) is 5.91 Å². The van der Waals surface area contributed by atoms with Gasteiger partial charge in [-0.25, -0.2) is 4.79 Å². The van der Waals surface area contributed by atoms with E-state index in [4.69, 9.17) is 4.74 Å². The zero-order valence-corrected chi connectivity index (χ0v) is 15.8. The second-order valence-electron chi connectivity index (χ2n) is 9.53. The molecule has 0 aromatic heterocycles. The number of imide groups is 1. The van der Waals surface area contributed by atoms with Gasteiger partial charge in [-0.15, -0.1) is 0 Å². The predicted molar refractivity (Wildman–Crippen MR) is 96.6 cm³/mol. The minimum absolute atomic E-state index is 0.127. The van der Waals surface area contributed by atoms with Gasteiger partial charge in [0.2, 0.25) is 0 Å². The average molecular weight is 378 g/mol. The number of amides is 3. The first kappa shape index (κ1) is 18.7. The first-order valence-electron chi connectivity index (χ1n) is 10.3. The molecule has 7 heteroatoms. The van der Waals surface area contributed by atoms with Gasteiger partial charge in [0.15, 0.2) is 6.61 Å². The minimum atomic E-state index is -0.611. The van der Waals surface area contributed by atoms with Crippen LogP contribution < -0.4 is 10.6 Å². The number of rotatable bonds is 5. The molecule has 4 bridgehead atoms. The van der Waals surface area contributed by atoms with E-state index in [9.17, 15) is 19.5 Å². The van der Waals surface area contributed by atoms with Crippen LogP contribution in [0.25, 0.3) is 0 Å². The van der Waals surface area contributed by atoms with E-state index in [1.807, 2.05) is 0 Å². The average Bonchev–Trinajstić information content (AvgIpc) is 3.02. The van der Waals surface area contributed by atoms with Crippen molar-refractivity contribution in [3.05, 3.63) is 0 Å². The van der Waals surface area contributed by atoms with Crippen molar-refractivity contribution in [2.75, 3.05) is 6.61 Å². The monoisotopic (exact) mass is 378 g/mol. The molecule has 150 valence electrons. The Morgan fingerprint density at radius 1 is 1.04 bits per heavy atom. The zero-order chi connectivity index (χ0) is 19.1. The topological polar surface area (TPSA) is 105 Å². The van der Waals surface area contributed by atoms with E-state index in [-0.39, 0.29) is 17.9 Å². The lowest BCUT2D eigenvalue weighted by atomic mass is 9.47. The van der Waals surface area contributed by atoms with Crippen LogP contribution >= 0.6 is 0 Å². The molecule has 5 aliphatic carbocycles. The summed E-state index contributed by atoms with van der Waals surface area (Å²) in [5.41, 5.74) is -0.785. The molecule has 0 unspecified atom stereocenters. The van der Waals surface area contributed by atoms with Crippen LogP contribution in [-0.2, 0) is 14.3 Å². The highest BCUT2D eigenvalue weighted by molar-refractivity contribution is 5.95. The Labute approximate surface area is 159 Å². The molecule has 0 aromatic carbocycles. The Bertz CT molecular complexity index is 614. The maximum Gasteiger partial charge on any atom is 0.321 e. The van der Waals surface area contributed by atoms with E-state index < -0.39 is 30.1 Å². The normalized spacial score (nSPS) is 37.2. The molecule has 0 aromatic rings. The fourth-order valence-electron chi connectivity index (χ4n) is 6.57. The molecule has 0 saturated heterocycles. The molecule has 0 aliphatic heterocycles. The van der Waals surface area contributed by atoms with Gasteiger partial charge in [0.05, 0.1) is 12.0 Å². The molecule has 27 heavy (non-hydrogen) atoms. The largest absolute Gasteiger partial charge is 0.456 e. The van der Waals surface area contributed by atoms with E-state index in [1.165, 1.54) is 0 Å². The van der Waals surface area contributed by atoms with Crippen LogP contribution in [0.3, 0.4) is 0 Å². The van der Waals surface area contributed by atoms with Crippen molar-refractivity contribution < 1.29 is 24.2 Å². The van der Waals surface area contributed by atoms with E-state index in [0.717, 1.165) is 57.8 Å². The van der Waals surface area contributed by atoms with Crippen molar-refractivity contribution in [1.82, 2.24) is 10.6 Å². The first-order chi connectivity index (χ1) is 12.8. The van der Waals surface area contributed by atoms with Gasteiger partial charge in [0, 0.05) is 6.04 Å². The lowest BCUT2D eigenvalue weighted by molar-refractivity contribution is -0.177. The quantitative estimate of drug-likeness (QED) is 0.635. The second-order valence-corrected chi connectivity index (χ2v) is 9.53. The Hall–Kier alpha value is -1.63. The number of hydrogen-bond donors (Lipinski definition) is 3. The third-order valence-electron chi connectivity index (χ3n) is 6.98. The maximum absolute atomic E-state index is 12.3. The number of carbonyl (C=O) groups excluding carboxylic acids is 3. The molecule has 5 saturated carbocycles. The fraction of sp³-hybridized carbons (Fsp3) is 0.850. The number of aliphatic hydroxyl groups is 1. The molecule has 5 fully saturated rings. The minimum Gasteiger partial charge on any atom is -0.456 e. The standard InChI is InChI=1S/C20H30N2O5/c23-16(22-18(25)21-15-3-1-2-4-15)11-27-17(24)10-19-6-13-5-14(7-19)9-20(26,8-13)12-19/h13-15,26H,1-12H2,(H2,21,22,23,25)/t13-,14-,19?,20?/m0/s1. The Kier molecular flexibility index (Phi) is 4.91. The van der Waals surface area contributed by atoms with Gasteiger partial charge in [-0.05, 0) is 68.6 Å². The first-order valence-corrected chi connectivity index (χ1v) is 10.3. The van der Waals surface area contributed by atoms with Crippen LogP contribution in [0.2, 0.25) is 0 Å². The molecule has 5 aliphatic rings. The van der Waals surface area contributed by atoms with Crippen molar-refractivity contribution in [2.45, 2.75) is 82.3 Å². The summed E-state index contributed by atoms with van der Waals surface area (Å²) in [5.74, 6) is -0.00634. The number of esters is 1. The lowest BCUT2D eigenvalue weighted by Crippen LogP contribution is -2.56. The van der Waals surface area contributed by atoms with Gasteiger partial charge >= 0.3 is 12.0 Å². The summed E-state index contributed by atoms with van der Waals surface area (Å²) in [6.45, 7) is -0.440. The fourth-order valence-corrected chi connectivity index (χ4v) is 6.57.